The maximum atomic E-state index is 12.2. The minimum atomic E-state index is -0.0648. The van der Waals surface area contributed by atoms with E-state index < -0.39 is 0 Å². The van der Waals surface area contributed by atoms with Gasteiger partial charge in [0.05, 0.1) is 11.9 Å². The van der Waals surface area contributed by atoms with E-state index in [0.29, 0.717) is 23.0 Å². The topological polar surface area (TPSA) is 50.2 Å². The van der Waals surface area contributed by atoms with E-state index in [1.807, 2.05) is 0 Å². The van der Waals surface area contributed by atoms with Crippen molar-refractivity contribution in [3.8, 4) is 0 Å². The quantitative estimate of drug-likeness (QED) is 0.915. The van der Waals surface area contributed by atoms with Crippen LogP contribution in [0, 0.1) is 5.92 Å². The Balaban J connectivity index is 2.14. The van der Waals surface area contributed by atoms with Gasteiger partial charge in [-0.25, -0.2) is 4.68 Å². The van der Waals surface area contributed by atoms with Crippen LogP contribution in [0.5, 0.6) is 0 Å². The Kier molecular flexibility index (Phi) is 4.62. The van der Waals surface area contributed by atoms with Crippen LogP contribution in [0.1, 0.15) is 20.3 Å². The molecule has 0 saturated carbocycles. The molecular formula is C13H21BrN4O. The third-order valence-corrected chi connectivity index (χ3v) is 4.04. The summed E-state index contributed by atoms with van der Waals surface area (Å²) in [6.45, 7) is 6.88. The van der Waals surface area contributed by atoms with Gasteiger partial charge in [0.1, 0.15) is 4.47 Å². The number of hydrogen-bond donors (Lipinski definition) is 1. The molecule has 0 radical (unpaired) electrons. The molecule has 5 nitrogen and oxygen atoms in total. The van der Waals surface area contributed by atoms with E-state index in [9.17, 15) is 4.79 Å². The predicted molar refractivity (Wildman–Crippen MR) is 80.6 cm³/mol. The van der Waals surface area contributed by atoms with Gasteiger partial charge >= 0.3 is 0 Å². The number of halogens is 1. The highest BCUT2D eigenvalue weighted by molar-refractivity contribution is 9.10. The van der Waals surface area contributed by atoms with Crippen molar-refractivity contribution in [3.63, 3.8) is 0 Å². The molecule has 0 aromatic carbocycles. The van der Waals surface area contributed by atoms with E-state index in [-0.39, 0.29) is 5.56 Å². The molecule has 19 heavy (non-hydrogen) atoms. The van der Waals surface area contributed by atoms with Crippen molar-refractivity contribution in [1.82, 2.24) is 14.7 Å². The van der Waals surface area contributed by atoms with Crippen molar-refractivity contribution in [2.24, 2.45) is 5.92 Å². The van der Waals surface area contributed by atoms with Crippen molar-refractivity contribution < 1.29 is 0 Å². The van der Waals surface area contributed by atoms with Crippen LogP contribution in [0.4, 0.5) is 5.69 Å². The molecule has 2 heterocycles. The van der Waals surface area contributed by atoms with Crippen LogP contribution in [0.2, 0.25) is 0 Å². The van der Waals surface area contributed by atoms with Crippen LogP contribution in [0.25, 0.3) is 0 Å². The highest BCUT2D eigenvalue weighted by Gasteiger charge is 2.20. The molecule has 0 aliphatic carbocycles. The zero-order valence-corrected chi connectivity index (χ0v) is 13.3. The third kappa shape index (κ3) is 3.57. The Morgan fingerprint density at radius 1 is 1.58 bits per heavy atom. The number of aromatic nitrogens is 2. The second kappa shape index (κ2) is 6.05. The van der Waals surface area contributed by atoms with Gasteiger partial charge in [-0.3, -0.25) is 4.79 Å². The summed E-state index contributed by atoms with van der Waals surface area (Å²) >= 11 is 3.39. The lowest BCUT2D eigenvalue weighted by Gasteiger charge is -2.16. The molecule has 1 atom stereocenters. The van der Waals surface area contributed by atoms with Gasteiger partial charge in [-0.1, -0.05) is 13.8 Å². The zero-order chi connectivity index (χ0) is 14.0. The largest absolute Gasteiger partial charge is 0.379 e. The van der Waals surface area contributed by atoms with Crippen LogP contribution < -0.4 is 10.9 Å². The van der Waals surface area contributed by atoms with E-state index in [2.05, 4.69) is 52.1 Å². The lowest BCUT2D eigenvalue weighted by Crippen LogP contribution is -2.29. The first kappa shape index (κ1) is 14.5. The summed E-state index contributed by atoms with van der Waals surface area (Å²) in [7, 11) is 2.11. The SMILES string of the molecule is CC(C)Cn1ncc(NC2CCN(C)C2)c(Br)c1=O. The van der Waals surface area contributed by atoms with E-state index in [1.165, 1.54) is 4.68 Å². The number of nitrogens with one attached hydrogen (secondary N) is 1. The Morgan fingerprint density at radius 3 is 2.89 bits per heavy atom. The Morgan fingerprint density at radius 2 is 2.32 bits per heavy atom. The molecular weight excluding hydrogens is 308 g/mol. The summed E-state index contributed by atoms with van der Waals surface area (Å²) in [6.07, 6.45) is 2.84. The van der Waals surface area contributed by atoms with Crippen molar-refractivity contribution >= 4 is 21.6 Å². The first-order valence-electron chi connectivity index (χ1n) is 6.68. The summed E-state index contributed by atoms with van der Waals surface area (Å²) in [4.78, 5) is 14.4. The first-order chi connectivity index (χ1) is 8.97. The Bertz CT molecular complexity index is 500. The molecule has 1 fully saturated rings. The highest BCUT2D eigenvalue weighted by Crippen LogP contribution is 2.20. The van der Waals surface area contributed by atoms with Gasteiger partial charge in [0, 0.05) is 19.1 Å². The third-order valence-electron chi connectivity index (χ3n) is 3.27. The number of rotatable bonds is 4. The minimum Gasteiger partial charge on any atom is -0.379 e. The molecule has 0 bridgehead atoms. The van der Waals surface area contributed by atoms with Gasteiger partial charge in [-0.15, -0.1) is 0 Å². The lowest BCUT2D eigenvalue weighted by molar-refractivity contribution is 0.414. The predicted octanol–water partition coefficient (Wildman–Crippen LogP) is 1.78. The van der Waals surface area contributed by atoms with Gasteiger partial charge in [0.2, 0.25) is 0 Å². The van der Waals surface area contributed by atoms with Crippen LogP contribution in [0.15, 0.2) is 15.5 Å². The van der Waals surface area contributed by atoms with E-state index in [4.69, 9.17) is 0 Å². The second-order valence-electron chi connectivity index (χ2n) is 5.65. The van der Waals surface area contributed by atoms with Crippen molar-refractivity contribution in [1.29, 1.82) is 0 Å². The van der Waals surface area contributed by atoms with Gasteiger partial charge in [-0.05, 0) is 41.9 Å². The van der Waals surface area contributed by atoms with Gasteiger partial charge in [0.15, 0.2) is 0 Å². The summed E-state index contributed by atoms with van der Waals surface area (Å²) in [5.41, 5.74) is 0.732. The molecule has 0 spiro atoms. The van der Waals surface area contributed by atoms with Crippen LogP contribution in [-0.2, 0) is 6.54 Å². The average molecular weight is 329 g/mol. The van der Waals surface area contributed by atoms with Crippen LogP contribution in [-0.4, -0.2) is 40.9 Å². The molecule has 2 rings (SSSR count). The summed E-state index contributed by atoms with van der Waals surface area (Å²) in [5.74, 6) is 0.402. The van der Waals surface area contributed by atoms with Gasteiger partial charge < -0.3 is 10.2 Å². The number of hydrogen-bond acceptors (Lipinski definition) is 4. The number of nitrogens with zero attached hydrogens (tertiary/aromatic N) is 3. The molecule has 1 saturated heterocycles. The van der Waals surface area contributed by atoms with Crippen molar-refractivity contribution in [2.75, 3.05) is 25.5 Å². The number of likely N-dealkylation sites (tertiary alicyclic amines) is 1. The zero-order valence-electron chi connectivity index (χ0n) is 11.7. The molecule has 6 heteroatoms. The van der Waals surface area contributed by atoms with Crippen molar-refractivity contribution in [2.45, 2.75) is 32.9 Å². The molecule has 106 valence electrons. The van der Waals surface area contributed by atoms with Crippen LogP contribution >= 0.6 is 15.9 Å². The lowest BCUT2D eigenvalue weighted by atomic mass is 10.2. The maximum absolute atomic E-state index is 12.2. The molecule has 1 aromatic rings. The average Bonchev–Trinajstić information content (AvgIpc) is 2.74. The second-order valence-corrected chi connectivity index (χ2v) is 6.44. The maximum Gasteiger partial charge on any atom is 0.283 e. The smallest absolute Gasteiger partial charge is 0.283 e. The summed E-state index contributed by atoms with van der Waals surface area (Å²) in [6, 6.07) is 0.392. The molecule has 0 amide bonds. The van der Waals surface area contributed by atoms with E-state index >= 15 is 0 Å². The fourth-order valence-electron chi connectivity index (χ4n) is 2.31. The Labute approximate surface area is 122 Å². The molecule has 1 aliphatic rings. The van der Waals surface area contributed by atoms with Gasteiger partial charge in [0.25, 0.3) is 5.56 Å². The standard InChI is InChI=1S/C13H21BrN4O/c1-9(2)7-18-13(19)12(14)11(6-15-18)16-10-4-5-17(3)8-10/h6,9-10,16H,4-5,7-8H2,1-3H3. The molecule has 1 aliphatic heterocycles. The van der Waals surface area contributed by atoms with Crippen molar-refractivity contribution in [3.05, 3.63) is 21.0 Å². The van der Waals surface area contributed by atoms with Gasteiger partial charge in [-0.2, -0.15) is 5.10 Å². The number of anilines is 1. The summed E-state index contributed by atoms with van der Waals surface area (Å²) < 4.78 is 2.10. The highest BCUT2D eigenvalue weighted by atomic mass is 79.9. The van der Waals surface area contributed by atoms with E-state index in [0.717, 1.165) is 25.2 Å². The fraction of sp³-hybridized carbons (Fsp3) is 0.692. The molecule has 1 N–H and O–H groups in total. The molecule has 1 unspecified atom stereocenters. The molecule has 1 aromatic heterocycles. The Hall–Kier alpha value is -0.880. The minimum absolute atomic E-state index is 0.0648. The fourth-order valence-corrected chi connectivity index (χ4v) is 2.74. The summed E-state index contributed by atoms with van der Waals surface area (Å²) in [5, 5.41) is 7.63. The first-order valence-corrected chi connectivity index (χ1v) is 7.47. The van der Waals surface area contributed by atoms with Crippen LogP contribution in [0.3, 0.4) is 0 Å². The number of likely N-dealkylation sites (N-methyl/N-ethyl adjacent to an activating group) is 1. The monoisotopic (exact) mass is 328 g/mol. The van der Waals surface area contributed by atoms with E-state index in [1.54, 1.807) is 6.20 Å². The normalized spacial score (nSPS) is 20.2.